The van der Waals surface area contributed by atoms with Gasteiger partial charge in [0, 0.05) is 23.7 Å². The quantitative estimate of drug-likeness (QED) is 0.648. The van der Waals surface area contributed by atoms with E-state index in [1.807, 2.05) is 31.2 Å². The van der Waals surface area contributed by atoms with Crippen LogP contribution in [-0.4, -0.2) is 24.9 Å². The van der Waals surface area contributed by atoms with Crippen molar-refractivity contribution in [1.82, 2.24) is 4.57 Å². The maximum absolute atomic E-state index is 12.2. The summed E-state index contributed by atoms with van der Waals surface area (Å²) in [5, 5.41) is 0. The Labute approximate surface area is 146 Å². The minimum atomic E-state index is -0.0349. The van der Waals surface area contributed by atoms with E-state index in [4.69, 9.17) is 9.47 Å². The van der Waals surface area contributed by atoms with Crippen LogP contribution in [0.4, 0.5) is 0 Å². The molecule has 0 radical (unpaired) electrons. The summed E-state index contributed by atoms with van der Waals surface area (Å²) in [6, 6.07) is 9.45. The Morgan fingerprint density at radius 3 is 2.50 bits per heavy atom. The van der Waals surface area contributed by atoms with E-state index in [9.17, 15) is 4.79 Å². The second-order valence-corrected chi connectivity index (χ2v) is 6.31. The van der Waals surface area contributed by atoms with Gasteiger partial charge in [-0.2, -0.15) is 0 Å². The third kappa shape index (κ3) is 3.80. The zero-order valence-corrected chi connectivity index (χ0v) is 15.6. The number of hydrogen-bond donors (Lipinski definition) is 0. The Hall–Kier alpha value is -1.11. The monoisotopic (exact) mass is 429 g/mol. The lowest BCUT2D eigenvalue weighted by Crippen LogP contribution is -2.21. The first kappa shape index (κ1) is 17.2. The number of methoxy groups -OCH3 is 1. The average molecular weight is 431 g/mol. The summed E-state index contributed by atoms with van der Waals surface area (Å²) in [6.45, 7) is 3.60. The first-order chi connectivity index (χ1) is 10.6. The Morgan fingerprint density at radius 1 is 1.09 bits per heavy atom. The van der Waals surface area contributed by atoms with Crippen molar-refractivity contribution in [3.05, 3.63) is 49.6 Å². The molecule has 1 aromatic carbocycles. The van der Waals surface area contributed by atoms with Crippen LogP contribution in [0.15, 0.2) is 44.1 Å². The lowest BCUT2D eigenvalue weighted by molar-refractivity contribution is 0.146. The van der Waals surface area contributed by atoms with Crippen molar-refractivity contribution >= 4 is 31.9 Å². The van der Waals surface area contributed by atoms with Gasteiger partial charge in [0.1, 0.15) is 12.4 Å². The van der Waals surface area contributed by atoms with Crippen LogP contribution in [0, 0.1) is 0 Å². The number of rotatable bonds is 6. The number of pyridine rings is 1. The molecule has 4 nitrogen and oxygen atoms in total. The van der Waals surface area contributed by atoms with Crippen LogP contribution in [0.1, 0.15) is 6.92 Å². The Balaban J connectivity index is 2.38. The highest BCUT2D eigenvalue weighted by atomic mass is 79.9. The summed E-state index contributed by atoms with van der Waals surface area (Å²) in [4.78, 5) is 12.2. The minimum Gasteiger partial charge on any atom is -0.491 e. The molecule has 0 aliphatic heterocycles. The molecule has 2 aromatic rings. The number of nitrogens with zero attached hydrogens (tertiary/aromatic N) is 1. The molecule has 0 N–H and O–H groups in total. The van der Waals surface area contributed by atoms with Crippen LogP contribution < -0.4 is 10.3 Å². The van der Waals surface area contributed by atoms with Crippen LogP contribution in [-0.2, 0) is 11.3 Å². The van der Waals surface area contributed by atoms with Gasteiger partial charge in [-0.3, -0.25) is 4.79 Å². The van der Waals surface area contributed by atoms with E-state index in [1.54, 1.807) is 17.7 Å². The van der Waals surface area contributed by atoms with Crippen LogP contribution in [0.2, 0.25) is 0 Å². The van der Waals surface area contributed by atoms with Crippen LogP contribution >= 0.6 is 31.9 Å². The highest BCUT2D eigenvalue weighted by Crippen LogP contribution is 2.31. The van der Waals surface area contributed by atoms with E-state index in [-0.39, 0.29) is 5.56 Å². The van der Waals surface area contributed by atoms with Gasteiger partial charge in [0.25, 0.3) is 5.56 Å². The second-order valence-electron chi connectivity index (χ2n) is 4.60. The molecule has 22 heavy (non-hydrogen) atoms. The molecule has 2 rings (SSSR count). The molecule has 0 spiro atoms. The molecule has 0 aliphatic carbocycles. The van der Waals surface area contributed by atoms with Crippen molar-refractivity contribution in [2.45, 2.75) is 13.5 Å². The van der Waals surface area contributed by atoms with Crippen LogP contribution in [0.25, 0.3) is 11.3 Å². The van der Waals surface area contributed by atoms with Gasteiger partial charge >= 0.3 is 0 Å². The third-order valence-electron chi connectivity index (χ3n) is 3.22. The molecule has 0 fully saturated rings. The van der Waals surface area contributed by atoms with Gasteiger partial charge in [-0.25, -0.2) is 0 Å². The molecule has 0 aliphatic rings. The highest BCUT2D eigenvalue weighted by molar-refractivity contribution is 9.10. The third-order valence-corrected chi connectivity index (χ3v) is 4.48. The molecule has 6 heteroatoms. The van der Waals surface area contributed by atoms with Crippen molar-refractivity contribution < 1.29 is 9.47 Å². The normalized spacial score (nSPS) is 10.7. The first-order valence-electron chi connectivity index (χ1n) is 6.89. The second kappa shape index (κ2) is 7.94. The number of aromatic nitrogens is 1. The van der Waals surface area contributed by atoms with Gasteiger partial charge in [0.15, 0.2) is 0 Å². The summed E-state index contributed by atoms with van der Waals surface area (Å²) in [6.07, 6.45) is 0. The molecule has 0 saturated heterocycles. The van der Waals surface area contributed by atoms with E-state index in [1.165, 1.54) is 0 Å². The number of halogens is 2. The van der Waals surface area contributed by atoms with E-state index >= 15 is 0 Å². The fourth-order valence-electron chi connectivity index (χ4n) is 2.14. The van der Waals surface area contributed by atoms with E-state index in [0.29, 0.717) is 24.2 Å². The maximum atomic E-state index is 12.2. The summed E-state index contributed by atoms with van der Waals surface area (Å²) < 4.78 is 13.7. The molecular formula is C16H17Br2NO3. The van der Waals surface area contributed by atoms with E-state index < -0.39 is 0 Å². The standard InChI is InChI=1S/C16H17Br2NO3/c1-3-19-15(7-6-13(17)16(19)20)12-5-4-11(10-14(12)18)22-9-8-21-2/h4-7,10H,3,8-9H2,1-2H3. The van der Waals surface area contributed by atoms with E-state index in [2.05, 4.69) is 31.9 Å². The average Bonchev–Trinajstić information content (AvgIpc) is 2.51. The summed E-state index contributed by atoms with van der Waals surface area (Å²) in [7, 11) is 1.64. The maximum Gasteiger partial charge on any atom is 0.265 e. The molecule has 118 valence electrons. The molecule has 1 aromatic heterocycles. The van der Waals surface area contributed by atoms with Gasteiger partial charge in [-0.05, 0) is 69.1 Å². The molecule has 0 atom stereocenters. The predicted molar refractivity (Wildman–Crippen MR) is 94.6 cm³/mol. The highest BCUT2D eigenvalue weighted by Gasteiger charge is 2.11. The Bertz CT molecular complexity index is 713. The van der Waals surface area contributed by atoms with Crippen molar-refractivity contribution in [1.29, 1.82) is 0 Å². The number of benzene rings is 1. The smallest absolute Gasteiger partial charge is 0.265 e. The van der Waals surface area contributed by atoms with Crippen LogP contribution in [0.5, 0.6) is 5.75 Å². The fraction of sp³-hybridized carbons (Fsp3) is 0.312. The number of hydrogen-bond acceptors (Lipinski definition) is 3. The predicted octanol–water partition coefficient (Wildman–Crippen LogP) is 4.09. The summed E-state index contributed by atoms with van der Waals surface area (Å²) in [5.41, 5.74) is 1.78. The topological polar surface area (TPSA) is 40.5 Å². The zero-order chi connectivity index (χ0) is 16.1. The van der Waals surface area contributed by atoms with Gasteiger partial charge in [-0.15, -0.1) is 0 Å². The lowest BCUT2D eigenvalue weighted by Gasteiger charge is -2.14. The van der Waals surface area contributed by atoms with Gasteiger partial charge < -0.3 is 14.0 Å². The van der Waals surface area contributed by atoms with Crippen molar-refractivity contribution in [3.8, 4) is 17.0 Å². The Kier molecular flexibility index (Phi) is 6.23. The number of ether oxygens (including phenoxy) is 2. The SMILES string of the molecule is CCn1c(-c2ccc(OCCOC)cc2Br)ccc(Br)c1=O. The van der Waals surface area contributed by atoms with Gasteiger partial charge in [0.2, 0.25) is 0 Å². The molecule has 0 saturated carbocycles. The zero-order valence-electron chi connectivity index (χ0n) is 12.4. The summed E-state index contributed by atoms with van der Waals surface area (Å²) in [5.74, 6) is 0.759. The summed E-state index contributed by atoms with van der Waals surface area (Å²) >= 11 is 6.84. The Morgan fingerprint density at radius 2 is 1.86 bits per heavy atom. The minimum absolute atomic E-state index is 0.0349. The van der Waals surface area contributed by atoms with Crippen molar-refractivity contribution in [3.63, 3.8) is 0 Å². The molecule has 0 amide bonds. The molecule has 0 bridgehead atoms. The van der Waals surface area contributed by atoms with Gasteiger partial charge in [-0.1, -0.05) is 0 Å². The van der Waals surface area contributed by atoms with Crippen LogP contribution in [0.3, 0.4) is 0 Å². The first-order valence-corrected chi connectivity index (χ1v) is 8.48. The van der Waals surface area contributed by atoms with E-state index in [0.717, 1.165) is 21.5 Å². The fourth-order valence-corrected chi connectivity index (χ4v) is 3.04. The largest absolute Gasteiger partial charge is 0.491 e. The van der Waals surface area contributed by atoms with Crippen molar-refractivity contribution in [2.24, 2.45) is 0 Å². The lowest BCUT2D eigenvalue weighted by atomic mass is 10.1. The molecule has 1 heterocycles. The van der Waals surface area contributed by atoms with Crippen molar-refractivity contribution in [2.75, 3.05) is 20.3 Å². The van der Waals surface area contributed by atoms with Gasteiger partial charge in [0.05, 0.1) is 16.8 Å². The molecular weight excluding hydrogens is 414 g/mol. The molecule has 0 unspecified atom stereocenters.